The van der Waals surface area contributed by atoms with Crippen LogP contribution in [-0.4, -0.2) is 42.0 Å². The number of fused-ring (bicyclic) bond motifs is 1. The van der Waals surface area contributed by atoms with Gasteiger partial charge in [-0.15, -0.1) is 0 Å². The molecule has 4 unspecified atom stereocenters. The Labute approximate surface area is 141 Å². The second kappa shape index (κ2) is 5.62. The second-order valence-corrected chi connectivity index (χ2v) is 7.81. The summed E-state index contributed by atoms with van der Waals surface area (Å²) in [7, 11) is 0. The van der Waals surface area contributed by atoms with Crippen LogP contribution in [0, 0.1) is 17.3 Å². The van der Waals surface area contributed by atoms with Crippen molar-refractivity contribution < 1.29 is 18.7 Å². The monoisotopic (exact) mass is 332 g/mol. The molecule has 0 bridgehead atoms. The third kappa shape index (κ3) is 2.44. The number of carbonyl (C=O) groups excluding carboxylic acids is 2. The number of ether oxygens (including phenoxy) is 1. The number of hydrogen-bond acceptors (Lipinski definition) is 4. The molecule has 4 atom stereocenters. The van der Waals surface area contributed by atoms with Crippen molar-refractivity contribution in [2.75, 3.05) is 13.2 Å². The zero-order valence-electron chi connectivity index (χ0n) is 14.2. The Morgan fingerprint density at radius 3 is 3.04 bits per heavy atom. The van der Waals surface area contributed by atoms with E-state index in [0.717, 1.165) is 18.8 Å². The molecule has 130 valence electrons. The first-order valence-electron chi connectivity index (χ1n) is 8.69. The normalized spacial score (nSPS) is 34.1. The maximum atomic E-state index is 12.7. The Bertz CT molecular complexity index is 639. The number of furan rings is 1. The van der Waals surface area contributed by atoms with Crippen LogP contribution in [0.25, 0.3) is 0 Å². The van der Waals surface area contributed by atoms with Crippen LogP contribution in [0.3, 0.4) is 0 Å². The SMILES string of the molecule is CC1(C)C(NC(=O)C2CC(=O)N(Cc3ccco3)C2)C2CCOC21. The fraction of sp³-hybridized carbons (Fsp3) is 0.667. The van der Waals surface area contributed by atoms with E-state index in [2.05, 4.69) is 19.2 Å². The molecule has 3 heterocycles. The number of likely N-dealkylation sites (tertiary alicyclic amines) is 1. The fourth-order valence-electron chi connectivity index (χ4n) is 4.58. The number of nitrogens with one attached hydrogen (secondary N) is 1. The van der Waals surface area contributed by atoms with Gasteiger partial charge in [0, 0.05) is 36.9 Å². The van der Waals surface area contributed by atoms with Crippen LogP contribution in [-0.2, 0) is 20.9 Å². The van der Waals surface area contributed by atoms with Crippen molar-refractivity contribution in [1.29, 1.82) is 0 Å². The van der Waals surface area contributed by atoms with Gasteiger partial charge in [-0.1, -0.05) is 13.8 Å². The third-order valence-corrected chi connectivity index (χ3v) is 5.91. The molecule has 2 aliphatic heterocycles. The van der Waals surface area contributed by atoms with E-state index in [1.165, 1.54) is 0 Å². The molecule has 6 heteroatoms. The molecule has 24 heavy (non-hydrogen) atoms. The molecule has 4 rings (SSSR count). The quantitative estimate of drug-likeness (QED) is 0.908. The lowest BCUT2D eigenvalue weighted by atomic mass is 9.57. The van der Waals surface area contributed by atoms with Crippen LogP contribution >= 0.6 is 0 Å². The Balaban J connectivity index is 1.36. The highest BCUT2D eigenvalue weighted by atomic mass is 16.5. The molecule has 6 nitrogen and oxygen atoms in total. The molecule has 3 aliphatic rings. The highest BCUT2D eigenvalue weighted by Gasteiger charge is 2.60. The molecule has 1 N–H and O–H groups in total. The van der Waals surface area contributed by atoms with Gasteiger partial charge in [-0.3, -0.25) is 9.59 Å². The summed E-state index contributed by atoms with van der Waals surface area (Å²) in [6.45, 7) is 5.97. The third-order valence-electron chi connectivity index (χ3n) is 5.91. The molecule has 3 fully saturated rings. The van der Waals surface area contributed by atoms with Crippen LogP contribution < -0.4 is 5.32 Å². The van der Waals surface area contributed by atoms with Crippen LogP contribution in [0.1, 0.15) is 32.4 Å². The highest BCUT2D eigenvalue weighted by molar-refractivity contribution is 5.89. The molecule has 0 radical (unpaired) electrons. The van der Waals surface area contributed by atoms with Crippen molar-refractivity contribution in [3.63, 3.8) is 0 Å². The van der Waals surface area contributed by atoms with Crippen molar-refractivity contribution in [1.82, 2.24) is 10.2 Å². The smallest absolute Gasteiger partial charge is 0.225 e. The maximum Gasteiger partial charge on any atom is 0.225 e. The number of amides is 2. The topological polar surface area (TPSA) is 71.8 Å². The lowest BCUT2D eigenvalue weighted by Crippen LogP contribution is -2.67. The number of nitrogens with zero attached hydrogens (tertiary/aromatic N) is 1. The molecule has 0 spiro atoms. The van der Waals surface area contributed by atoms with Crippen molar-refractivity contribution in [3.8, 4) is 0 Å². The lowest BCUT2D eigenvalue weighted by Gasteiger charge is -2.54. The van der Waals surface area contributed by atoms with Gasteiger partial charge >= 0.3 is 0 Å². The van der Waals surface area contributed by atoms with E-state index in [1.54, 1.807) is 17.2 Å². The first-order valence-corrected chi connectivity index (χ1v) is 8.69. The summed E-state index contributed by atoms with van der Waals surface area (Å²) in [4.78, 5) is 26.5. The van der Waals surface area contributed by atoms with Gasteiger partial charge < -0.3 is 19.4 Å². The van der Waals surface area contributed by atoms with E-state index in [1.807, 2.05) is 6.07 Å². The minimum Gasteiger partial charge on any atom is -0.467 e. The van der Waals surface area contributed by atoms with Crippen LogP contribution in [0.2, 0.25) is 0 Å². The van der Waals surface area contributed by atoms with Crippen molar-refractivity contribution in [3.05, 3.63) is 24.2 Å². The molecular formula is C18H24N2O4. The number of rotatable bonds is 4. The predicted molar refractivity (Wildman–Crippen MR) is 85.8 cm³/mol. The van der Waals surface area contributed by atoms with Gasteiger partial charge in [-0.2, -0.15) is 0 Å². The van der Waals surface area contributed by atoms with Gasteiger partial charge in [0.05, 0.1) is 24.8 Å². The van der Waals surface area contributed by atoms with Crippen molar-refractivity contribution in [2.24, 2.45) is 17.3 Å². The van der Waals surface area contributed by atoms with Gasteiger partial charge in [0.1, 0.15) is 5.76 Å². The summed E-state index contributed by atoms with van der Waals surface area (Å²) in [6, 6.07) is 3.79. The second-order valence-electron chi connectivity index (χ2n) is 7.81. The summed E-state index contributed by atoms with van der Waals surface area (Å²) in [5, 5.41) is 3.20. The summed E-state index contributed by atoms with van der Waals surface area (Å²) in [6.07, 6.45) is 3.14. The number of hydrogen-bond donors (Lipinski definition) is 1. The van der Waals surface area contributed by atoms with Gasteiger partial charge in [-0.25, -0.2) is 0 Å². The zero-order chi connectivity index (χ0) is 16.9. The average Bonchev–Trinajstić information content (AvgIpc) is 3.26. The van der Waals surface area contributed by atoms with Crippen LogP contribution in [0.5, 0.6) is 0 Å². The Morgan fingerprint density at radius 1 is 1.46 bits per heavy atom. The minimum atomic E-state index is -0.273. The maximum absolute atomic E-state index is 12.7. The summed E-state index contributed by atoms with van der Waals surface area (Å²) in [5.41, 5.74) is -0.0344. The van der Waals surface area contributed by atoms with Gasteiger partial charge in [-0.05, 0) is 18.6 Å². The first-order chi connectivity index (χ1) is 11.5. The molecule has 1 aromatic rings. The number of carbonyl (C=O) groups is 2. The summed E-state index contributed by atoms with van der Waals surface area (Å²) in [5.74, 6) is 0.899. The molecule has 1 aliphatic carbocycles. The van der Waals surface area contributed by atoms with Crippen molar-refractivity contribution in [2.45, 2.75) is 45.4 Å². The van der Waals surface area contributed by atoms with E-state index in [4.69, 9.17) is 9.15 Å². The molecular weight excluding hydrogens is 308 g/mol. The highest BCUT2D eigenvalue weighted by Crippen LogP contribution is 2.52. The molecule has 1 saturated carbocycles. The molecule has 2 amide bonds. The van der Waals surface area contributed by atoms with Gasteiger partial charge in [0.2, 0.25) is 11.8 Å². The summed E-state index contributed by atoms with van der Waals surface area (Å²) >= 11 is 0. The van der Waals surface area contributed by atoms with E-state index in [0.29, 0.717) is 19.0 Å². The van der Waals surface area contributed by atoms with E-state index < -0.39 is 0 Å². The Morgan fingerprint density at radius 2 is 2.29 bits per heavy atom. The van der Waals surface area contributed by atoms with E-state index in [-0.39, 0.29) is 41.7 Å². The van der Waals surface area contributed by atoms with E-state index in [9.17, 15) is 9.59 Å². The molecule has 1 aromatic heterocycles. The fourth-order valence-corrected chi connectivity index (χ4v) is 4.58. The van der Waals surface area contributed by atoms with Crippen LogP contribution in [0.4, 0.5) is 0 Å². The minimum absolute atomic E-state index is 0.00581. The molecule has 2 saturated heterocycles. The summed E-state index contributed by atoms with van der Waals surface area (Å²) < 4.78 is 11.1. The standard InChI is InChI=1S/C18H24N2O4/c1-18(2)15(13-5-7-24-16(13)18)19-17(22)11-8-14(21)20(9-11)10-12-4-3-6-23-12/h3-4,6,11,13,15-16H,5,7-10H2,1-2H3,(H,19,22). The lowest BCUT2D eigenvalue weighted by molar-refractivity contribution is -0.141. The van der Waals surface area contributed by atoms with Crippen LogP contribution in [0.15, 0.2) is 22.8 Å². The molecule has 0 aromatic carbocycles. The van der Waals surface area contributed by atoms with Gasteiger partial charge in [0.25, 0.3) is 0 Å². The predicted octanol–water partition coefficient (Wildman–Crippen LogP) is 1.56. The Kier molecular flexibility index (Phi) is 3.67. The largest absolute Gasteiger partial charge is 0.467 e. The van der Waals surface area contributed by atoms with E-state index >= 15 is 0 Å². The first kappa shape index (κ1) is 15.7. The van der Waals surface area contributed by atoms with Gasteiger partial charge in [0.15, 0.2) is 0 Å². The van der Waals surface area contributed by atoms with Crippen molar-refractivity contribution >= 4 is 11.8 Å². The average molecular weight is 332 g/mol. The Hall–Kier alpha value is -1.82. The zero-order valence-corrected chi connectivity index (χ0v) is 14.2.